The fourth-order valence-corrected chi connectivity index (χ4v) is 3.18. The van der Waals surface area contributed by atoms with Crippen LogP contribution in [0.1, 0.15) is 24.6 Å². The highest BCUT2D eigenvalue weighted by Crippen LogP contribution is 2.19. The van der Waals surface area contributed by atoms with Gasteiger partial charge < -0.3 is 10.5 Å². The van der Waals surface area contributed by atoms with Crippen molar-refractivity contribution in [2.45, 2.75) is 25.8 Å². The van der Waals surface area contributed by atoms with Gasteiger partial charge in [0.2, 0.25) is 5.91 Å². The standard InChI is InChI=1S/C18H20ClN5O3/c1-11-15-16(23(2)22-11)18(26)24(10-21-15)14(17(20)25)7-4-8-27-13-6-3-5-12(19)9-13/h3,5-6,9-10,14H,4,7-8H2,1-2H3,(H2,20,25). The molecule has 1 unspecified atom stereocenters. The lowest BCUT2D eigenvalue weighted by molar-refractivity contribution is -0.121. The van der Waals surface area contributed by atoms with E-state index in [0.29, 0.717) is 46.9 Å². The number of nitrogens with two attached hydrogens (primary N) is 1. The molecule has 0 aliphatic carbocycles. The molecule has 0 radical (unpaired) electrons. The summed E-state index contributed by atoms with van der Waals surface area (Å²) in [5, 5.41) is 4.79. The van der Waals surface area contributed by atoms with Crippen LogP contribution in [0.15, 0.2) is 35.4 Å². The Labute approximate surface area is 160 Å². The van der Waals surface area contributed by atoms with Crippen molar-refractivity contribution < 1.29 is 9.53 Å². The summed E-state index contributed by atoms with van der Waals surface area (Å²) in [7, 11) is 1.67. The molecule has 0 aliphatic rings. The molecule has 0 fully saturated rings. The fraction of sp³-hybridized carbons (Fsp3) is 0.333. The predicted octanol–water partition coefficient (Wildman–Crippen LogP) is 1.98. The summed E-state index contributed by atoms with van der Waals surface area (Å²) in [5.74, 6) is 0.0450. The second kappa shape index (κ2) is 7.79. The predicted molar refractivity (Wildman–Crippen MR) is 102 cm³/mol. The maximum atomic E-state index is 12.8. The van der Waals surface area contributed by atoms with Gasteiger partial charge in [-0.2, -0.15) is 5.10 Å². The molecule has 1 amide bonds. The van der Waals surface area contributed by atoms with Gasteiger partial charge in [0.1, 0.15) is 17.3 Å². The summed E-state index contributed by atoms with van der Waals surface area (Å²) in [6.45, 7) is 2.14. The number of nitrogens with zero attached hydrogens (tertiary/aromatic N) is 4. The van der Waals surface area contributed by atoms with Crippen molar-refractivity contribution in [1.82, 2.24) is 19.3 Å². The van der Waals surface area contributed by atoms with Gasteiger partial charge in [-0.3, -0.25) is 18.8 Å². The zero-order chi connectivity index (χ0) is 19.6. The molecule has 27 heavy (non-hydrogen) atoms. The van der Waals surface area contributed by atoms with Crippen LogP contribution in [0, 0.1) is 6.92 Å². The average molecular weight is 390 g/mol. The van der Waals surface area contributed by atoms with E-state index in [0.717, 1.165) is 0 Å². The van der Waals surface area contributed by atoms with Crippen LogP contribution in [-0.4, -0.2) is 31.8 Å². The summed E-state index contributed by atoms with van der Waals surface area (Å²) in [6, 6.07) is 6.24. The summed E-state index contributed by atoms with van der Waals surface area (Å²) >= 11 is 5.92. The number of aryl methyl sites for hydroxylation is 2. The highest BCUT2D eigenvalue weighted by molar-refractivity contribution is 6.30. The van der Waals surface area contributed by atoms with E-state index in [1.165, 1.54) is 15.6 Å². The summed E-state index contributed by atoms with van der Waals surface area (Å²) in [4.78, 5) is 29.0. The third-order valence-corrected chi connectivity index (χ3v) is 4.52. The van der Waals surface area contributed by atoms with Crippen molar-refractivity contribution >= 4 is 28.5 Å². The first-order valence-electron chi connectivity index (χ1n) is 8.46. The largest absolute Gasteiger partial charge is 0.494 e. The Bertz CT molecular complexity index is 1040. The molecule has 0 aliphatic heterocycles. The van der Waals surface area contributed by atoms with E-state index in [-0.39, 0.29) is 5.56 Å². The van der Waals surface area contributed by atoms with Crippen molar-refractivity contribution in [2.75, 3.05) is 6.61 Å². The van der Waals surface area contributed by atoms with E-state index < -0.39 is 11.9 Å². The number of hydrogen-bond acceptors (Lipinski definition) is 5. The lowest BCUT2D eigenvalue weighted by Gasteiger charge is -2.16. The quantitative estimate of drug-likeness (QED) is 0.622. The topological polar surface area (TPSA) is 105 Å². The molecule has 2 N–H and O–H groups in total. The molecule has 9 heteroatoms. The maximum absolute atomic E-state index is 12.8. The van der Waals surface area contributed by atoms with Gasteiger partial charge in [-0.05, 0) is 38.0 Å². The first-order chi connectivity index (χ1) is 12.9. The number of carbonyl (C=O) groups excluding carboxylic acids is 1. The van der Waals surface area contributed by atoms with Gasteiger partial charge in [0.25, 0.3) is 5.56 Å². The molecule has 0 bridgehead atoms. The lowest BCUT2D eigenvalue weighted by atomic mass is 10.1. The third-order valence-electron chi connectivity index (χ3n) is 4.29. The maximum Gasteiger partial charge on any atom is 0.280 e. The molecule has 0 saturated carbocycles. The molecular weight excluding hydrogens is 370 g/mol. The van der Waals surface area contributed by atoms with Gasteiger partial charge in [-0.1, -0.05) is 17.7 Å². The minimum Gasteiger partial charge on any atom is -0.494 e. The third kappa shape index (κ3) is 3.95. The van der Waals surface area contributed by atoms with E-state index in [1.807, 2.05) is 0 Å². The number of halogens is 1. The van der Waals surface area contributed by atoms with Gasteiger partial charge in [-0.25, -0.2) is 4.98 Å². The van der Waals surface area contributed by atoms with E-state index >= 15 is 0 Å². The molecule has 3 aromatic rings. The molecule has 1 aromatic carbocycles. The molecule has 8 nitrogen and oxygen atoms in total. The summed E-state index contributed by atoms with van der Waals surface area (Å²) < 4.78 is 8.36. The normalized spacial score (nSPS) is 12.3. The van der Waals surface area contributed by atoms with E-state index in [1.54, 1.807) is 38.2 Å². The average Bonchev–Trinajstić information content (AvgIpc) is 2.90. The number of hydrogen-bond donors (Lipinski definition) is 1. The van der Waals surface area contributed by atoms with Crippen molar-refractivity contribution in [3.05, 3.63) is 51.7 Å². The molecule has 0 spiro atoms. The zero-order valence-electron chi connectivity index (χ0n) is 15.1. The summed E-state index contributed by atoms with van der Waals surface area (Å²) in [6.07, 6.45) is 2.22. The molecule has 3 rings (SSSR count). The number of carbonyl (C=O) groups is 1. The molecular formula is C18H20ClN5O3. The minimum absolute atomic E-state index is 0.344. The second-order valence-corrected chi connectivity index (χ2v) is 6.67. The van der Waals surface area contributed by atoms with Crippen molar-refractivity contribution in [1.29, 1.82) is 0 Å². The van der Waals surface area contributed by atoms with Crippen molar-refractivity contribution in [2.24, 2.45) is 12.8 Å². The fourth-order valence-electron chi connectivity index (χ4n) is 3.00. The Morgan fingerprint density at radius 1 is 1.41 bits per heavy atom. The molecule has 142 valence electrons. The summed E-state index contributed by atoms with van der Waals surface area (Å²) in [5.41, 5.74) is 6.70. The first-order valence-corrected chi connectivity index (χ1v) is 8.84. The molecule has 0 saturated heterocycles. The van der Waals surface area contributed by atoms with Crippen LogP contribution < -0.4 is 16.0 Å². The first kappa shape index (κ1) is 18.9. The lowest BCUT2D eigenvalue weighted by Crippen LogP contribution is -2.34. The Hall–Kier alpha value is -2.87. The van der Waals surface area contributed by atoms with Gasteiger partial charge >= 0.3 is 0 Å². The second-order valence-electron chi connectivity index (χ2n) is 6.23. The number of rotatable bonds is 7. The number of amides is 1. The van der Waals surface area contributed by atoms with Crippen LogP contribution in [0.25, 0.3) is 11.0 Å². The Kier molecular flexibility index (Phi) is 5.46. The van der Waals surface area contributed by atoms with Crippen molar-refractivity contribution in [3.8, 4) is 5.75 Å². The Balaban J connectivity index is 1.75. The number of ether oxygens (including phenoxy) is 1. The van der Waals surface area contributed by atoms with Gasteiger partial charge in [0.05, 0.1) is 18.6 Å². The smallest absolute Gasteiger partial charge is 0.280 e. The van der Waals surface area contributed by atoms with Crippen LogP contribution in [-0.2, 0) is 11.8 Å². The Morgan fingerprint density at radius 3 is 2.89 bits per heavy atom. The number of aromatic nitrogens is 4. The monoisotopic (exact) mass is 389 g/mol. The number of primary amides is 1. The number of benzene rings is 1. The van der Waals surface area contributed by atoms with Crippen LogP contribution in [0.3, 0.4) is 0 Å². The van der Waals surface area contributed by atoms with Gasteiger partial charge in [0, 0.05) is 12.1 Å². The Morgan fingerprint density at radius 2 is 2.19 bits per heavy atom. The molecule has 2 heterocycles. The van der Waals surface area contributed by atoms with E-state index in [4.69, 9.17) is 22.1 Å². The van der Waals surface area contributed by atoms with E-state index in [9.17, 15) is 9.59 Å². The van der Waals surface area contributed by atoms with Gasteiger partial charge in [0.15, 0.2) is 5.52 Å². The van der Waals surface area contributed by atoms with Crippen LogP contribution in [0.5, 0.6) is 5.75 Å². The molecule has 1 atom stereocenters. The van der Waals surface area contributed by atoms with Crippen LogP contribution in [0.4, 0.5) is 0 Å². The number of fused-ring (bicyclic) bond motifs is 1. The zero-order valence-corrected chi connectivity index (χ0v) is 15.8. The SMILES string of the molecule is Cc1nn(C)c2c(=O)n(C(CCCOc3cccc(Cl)c3)C(N)=O)cnc12. The van der Waals surface area contributed by atoms with Crippen molar-refractivity contribution in [3.63, 3.8) is 0 Å². The highest BCUT2D eigenvalue weighted by Gasteiger charge is 2.22. The highest BCUT2D eigenvalue weighted by atomic mass is 35.5. The van der Waals surface area contributed by atoms with Crippen LogP contribution >= 0.6 is 11.6 Å². The van der Waals surface area contributed by atoms with Crippen LogP contribution in [0.2, 0.25) is 5.02 Å². The molecule has 2 aromatic heterocycles. The minimum atomic E-state index is -0.812. The van der Waals surface area contributed by atoms with E-state index in [2.05, 4.69) is 10.1 Å². The van der Waals surface area contributed by atoms with Gasteiger partial charge in [-0.15, -0.1) is 0 Å².